The predicted molar refractivity (Wildman–Crippen MR) is 43.7 cm³/mol. The van der Waals surface area contributed by atoms with E-state index < -0.39 is 0 Å². The molecule has 0 saturated carbocycles. The van der Waals surface area contributed by atoms with E-state index in [1.54, 1.807) is 0 Å². The quantitative estimate of drug-likeness (QED) is 0.509. The topological polar surface area (TPSA) is 0 Å². The molecule has 0 atom stereocenters. The van der Waals surface area contributed by atoms with Crippen LogP contribution in [-0.4, -0.2) is 0 Å². The average Bonchev–Trinajstić information content (AvgIpc) is 2.50. The molecule has 0 nitrogen and oxygen atoms in total. The highest BCUT2D eigenvalue weighted by Gasteiger charge is 2.31. The van der Waals surface area contributed by atoms with Crippen LogP contribution >= 0.6 is 0 Å². The van der Waals surface area contributed by atoms with Crippen LogP contribution in [0.2, 0.25) is 0 Å². The molecule has 0 aromatic rings. The predicted octanol–water partition coefficient (Wildman–Crippen LogP) is 2.77. The van der Waals surface area contributed by atoms with Gasteiger partial charge >= 0.3 is 0 Å². The smallest absolute Gasteiger partial charge is 0.00162 e. The van der Waals surface area contributed by atoms with Crippen LogP contribution in [0.1, 0.15) is 19.8 Å². The summed E-state index contributed by atoms with van der Waals surface area (Å²) in [7, 11) is 0. The first kappa shape index (κ1) is 6.21. The number of hydrogen-bond donors (Lipinski definition) is 0. The van der Waals surface area contributed by atoms with Gasteiger partial charge in [-0.1, -0.05) is 37.6 Å². The zero-order valence-electron chi connectivity index (χ0n) is 6.46. The first-order valence-corrected chi connectivity index (χ1v) is 4.28. The minimum Gasteiger partial charge on any atom is -0.0807 e. The van der Waals surface area contributed by atoms with Gasteiger partial charge in [-0.2, -0.15) is 0 Å². The normalized spacial score (nSPS) is 41.5. The van der Waals surface area contributed by atoms with Gasteiger partial charge in [-0.3, -0.25) is 0 Å². The molecular weight excluding hydrogens is 120 g/mol. The molecule has 0 N–H and O–H groups in total. The molecular formula is C10H14. The molecule has 0 saturated heterocycles. The van der Waals surface area contributed by atoms with Crippen LogP contribution in [0.25, 0.3) is 0 Å². The molecule has 2 aliphatic rings. The Morgan fingerprint density at radius 1 is 1.00 bits per heavy atom. The van der Waals surface area contributed by atoms with Gasteiger partial charge in [0.2, 0.25) is 0 Å². The van der Waals surface area contributed by atoms with Crippen molar-refractivity contribution in [3.8, 4) is 0 Å². The molecule has 0 aromatic heterocycles. The van der Waals surface area contributed by atoms with Gasteiger partial charge in [-0.05, 0) is 24.2 Å². The lowest BCUT2D eigenvalue weighted by molar-refractivity contribution is 0.415. The summed E-state index contributed by atoms with van der Waals surface area (Å²) in [6.07, 6.45) is 12.2. The fourth-order valence-electron chi connectivity index (χ4n) is 2.19. The fourth-order valence-corrected chi connectivity index (χ4v) is 2.19. The first-order valence-electron chi connectivity index (χ1n) is 4.28. The van der Waals surface area contributed by atoms with Crippen molar-refractivity contribution < 1.29 is 0 Å². The van der Waals surface area contributed by atoms with Gasteiger partial charge in [0, 0.05) is 0 Å². The summed E-state index contributed by atoms with van der Waals surface area (Å²) in [5, 5.41) is 0. The average molecular weight is 134 g/mol. The molecule has 10 heavy (non-hydrogen) atoms. The monoisotopic (exact) mass is 134 g/mol. The van der Waals surface area contributed by atoms with E-state index in [1.165, 1.54) is 12.8 Å². The molecule has 0 spiro atoms. The van der Waals surface area contributed by atoms with E-state index in [9.17, 15) is 0 Å². The van der Waals surface area contributed by atoms with Gasteiger partial charge in [-0.15, -0.1) is 0 Å². The van der Waals surface area contributed by atoms with Crippen molar-refractivity contribution in [2.75, 3.05) is 0 Å². The second-order valence-corrected chi connectivity index (χ2v) is 3.38. The number of allylic oxidation sites excluding steroid dienone is 4. The Morgan fingerprint density at radius 2 is 1.50 bits per heavy atom. The van der Waals surface area contributed by atoms with E-state index in [0.29, 0.717) is 0 Å². The summed E-state index contributed by atoms with van der Waals surface area (Å²) < 4.78 is 0. The SMILES string of the molecule is CCCC1C2C=CC1C=C2. The Labute approximate surface area is 62.6 Å². The van der Waals surface area contributed by atoms with Crippen molar-refractivity contribution in [2.24, 2.45) is 17.8 Å². The minimum atomic E-state index is 0.796. The molecule has 2 aliphatic carbocycles. The molecule has 54 valence electrons. The van der Waals surface area contributed by atoms with E-state index >= 15 is 0 Å². The van der Waals surface area contributed by atoms with Crippen LogP contribution in [0.3, 0.4) is 0 Å². The molecule has 0 fully saturated rings. The van der Waals surface area contributed by atoms with Crippen molar-refractivity contribution in [2.45, 2.75) is 19.8 Å². The van der Waals surface area contributed by atoms with Crippen LogP contribution in [-0.2, 0) is 0 Å². The van der Waals surface area contributed by atoms with Crippen LogP contribution in [0, 0.1) is 17.8 Å². The Kier molecular flexibility index (Phi) is 1.40. The molecule has 2 rings (SSSR count). The summed E-state index contributed by atoms with van der Waals surface area (Å²) in [5.74, 6) is 2.53. The third kappa shape index (κ3) is 0.749. The van der Waals surface area contributed by atoms with Crippen molar-refractivity contribution in [3.05, 3.63) is 24.3 Å². The summed E-state index contributed by atoms with van der Waals surface area (Å²) >= 11 is 0. The second-order valence-electron chi connectivity index (χ2n) is 3.38. The van der Waals surface area contributed by atoms with Crippen molar-refractivity contribution in [3.63, 3.8) is 0 Å². The Hall–Kier alpha value is -0.520. The van der Waals surface area contributed by atoms with Crippen LogP contribution in [0.4, 0.5) is 0 Å². The maximum absolute atomic E-state index is 2.37. The number of hydrogen-bond acceptors (Lipinski definition) is 0. The first-order chi connectivity index (χ1) is 4.92. The highest BCUT2D eigenvalue weighted by atomic mass is 14.4. The van der Waals surface area contributed by atoms with E-state index in [2.05, 4.69) is 31.2 Å². The van der Waals surface area contributed by atoms with E-state index in [0.717, 1.165) is 17.8 Å². The lowest BCUT2D eigenvalue weighted by atomic mass is 9.91. The van der Waals surface area contributed by atoms with Crippen molar-refractivity contribution >= 4 is 0 Å². The van der Waals surface area contributed by atoms with Gasteiger partial charge < -0.3 is 0 Å². The van der Waals surface area contributed by atoms with E-state index in [-0.39, 0.29) is 0 Å². The lowest BCUT2D eigenvalue weighted by Gasteiger charge is -2.13. The lowest BCUT2D eigenvalue weighted by Crippen LogP contribution is -2.06. The standard InChI is InChI=1S/C10H14/c1-2-3-10-8-4-5-9(10)7-6-8/h4-10H,2-3H2,1H3. The van der Waals surface area contributed by atoms with E-state index in [1.807, 2.05) is 0 Å². The van der Waals surface area contributed by atoms with E-state index in [4.69, 9.17) is 0 Å². The van der Waals surface area contributed by atoms with Crippen molar-refractivity contribution in [1.29, 1.82) is 0 Å². The molecule has 2 bridgehead atoms. The largest absolute Gasteiger partial charge is 0.0807 e. The van der Waals surface area contributed by atoms with Crippen LogP contribution in [0.5, 0.6) is 0 Å². The zero-order chi connectivity index (χ0) is 6.97. The Balaban J connectivity index is 2.04. The molecule has 0 aliphatic heterocycles. The summed E-state index contributed by atoms with van der Waals surface area (Å²) in [5.41, 5.74) is 0. The highest BCUT2D eigenvalue weighted by Crippen LogP contribution is 2.41. The number of fused-ring (bicyclic) bond motifs is 2. The van der Waals surface area contributed by atoms with Crippen LogP contribution in [0.15, 0.2) is 24.3 Å². The molecule has 0 heterocycles. The molecule has 0 radical (unpaired) electrons. The Bertz CT molecular complexity index is 146. The van der Waals surface area contributed by atoms with Gasteiger partial charge in [0.15, 0.2) is 0 Å². The minimum absolute atomic E-state index is 0.796. The van der Waals surface area contributed by atoms with Crippen molar-refractivity contribution in [1.82, 2.24) is 0 Å². The zero-order valence-corrected chi connectivity index (χ0v) is 6.46. The highest BCUT2D eigenvalue weighted by molar-refractivity contribution is 5.24. The molecule has 0 aromatic carbocycles. The molecule has 0 heteroatoms. The third-order valence-electron chi connectivity index (χ3n) is 2.72. The maximum Gasteiger partial charge on any atom is -0.00162 e. The van der Waals surface area contributed by atoms with Gasteiger partial charge in [-0.25, -0.2) is 0 Å². The molecule has 0 unspecified atom stereocenters. The number of rotatable bonds is 2. The van der Waals surface area contributed by atoms with Gasteiger partial charge in [0.05, 0.1) is 0 Å². The summed E-state index contributed by atoms with van der Waals surface area (Å²) in [6.45, 7) is 2.28. The van der Waals surface area contributed by atoms with Gasteiger partial charge in [0.1, 0.15) is 0 Å². The van der Waals surface area contributed by atoms with Crippen LogP contribution < -0.4 is 0 Å². The Morgan fingerprint density at radius 3 is 1.90 bits per heavy atom. The molecule has 0 amide bonds. The fraction of sp³-hybridized carbons (Fsp3) is 0.600. The summed E-state index contributed by atoms with van der Waals surface area (Å²) in [4.78, 5) is 0. The third-order valence-corrected chi connectivity index (χ3v) is 2.72. The summed E-state index contributed by atoms with van der Waals surface area (Å²) in [6, 6.07) is 0. The second kappa shape index (κ2) is 2.26. The van der Waals surface area contributed by atoms with Gasteiger partial charge in [0.25, 0.3) is 0 Å². The maximum atomic E-state index is 2.37.